The predicted octanol–water partition coefficient (Wildman–Crippen LogP) is 3.40. The summed E-state index contributed by atoms with van der Waals surface area (Å²) in [5.41, 5.74) is 7.89. The molecule has 8 nitrogen and oxygen atoms in total. The molecule has 1 aromatic carbocycles. The largest absolute Gasteiger partial charge is 0.489 e. The highest BCUT2D eigenvalue weighted by Crippen LogP contribution is 2.44. The van der Waals surface area contributed by atoms with Crippen molar-refractivity contribution in [2.75, 3.05) is 13.7 Å². The van der Waals surface area contributed by atoms with E-state index >= 15 is 0 Å². The molecule has 2 atom stereocenters. The molecule has 3 aromatic rings. The first-order chi connectivity index (χ1) is 17.5. The summed E-state index contributed by atoms with van der Waals surface area (Å²) in [4.78, 5) is 34.0. The third kappa shape index (κ3) is 4.60. The Hall–Kier alpha value is -3.69. The number of rotatable bonds is 7. The number of halogens is 1. The Morgan fingerprint density at radius 1 is 1.24 bits per heavy atom. The van der Waals surface area contributed by atoms with Gasteiger partial charge < -0.3 is 20.3 Å². The highest BCUT2D eigenvalue weighted by Gasteiger charge is 2.38. The highest BCUT2D eigenvalue weighted by atomic mass is 19.1. The molecule has 192 valence electrons. The fourth-order valence-corrected chi connectivity index (χ4v) is 4.83. The van der Waals surface area contributed by atoms with E-state index in [0.717, 1.165) is 11.1 Å². The van der Waals surface area contributed by atoms with Crippen molar-refractivity contribution in [2.45, 2.75) is 50.7 Å². The standard InChI is InChI=1S/C28H28FN3O5/c1-27(30)14-37-25-20(27)13-23(32-24(25)15-4-6-17(29)7-5-15)28(2,35)9-8-22(34)21-11-16-10-18(33)12-19(16)26(31-21)36-3/h4-7,11,13,35H,8-10,12,14,30H2,1-3H3/t27-,28-/m1/s1. The lowest BCUT2D eigenvalue weighted by Gasteiger charge is -2.25. The number of carbonyl (C=O) groups is 2. The van der Waals surface area contributed by atoms with Crippen LogP contribution in [0.1, 0.15) is 59.6 Å². The Balaban J connectivity index is 1.44. The smallest absolute Gasteiger partial charge is 0.217 e. The summed E-state index contributed by atoms with van der Waals surface area (Å²) in [6.45, 7) is 3.64. The zero-order valence-corrected chi connectivity index (χ0v) is 20.9. The van der Waals surface area contributed by atoms with Gasteiger partial charge in [-0.05, 0) is 62.2 Å². The maximum atomic E-state index is 13.6. The number of nitrogens with two attached hydrogens (primary N) is 1. The molecule has 3 N–H and O–H groups in total. The average molecular weight is 506 g/mol. The van der Waals surface area contributed by atoms with Gasteiger partial charge in [0, 0.05) is 36.0 Å². The molecule has 0 unspecified atom stereocenters. The summed E-state index contributed by atoms with van der Waals surface area (Å²) < 4.78 is 24.7. The number of ether oxygens (including phenoxy) is 2. The van der Waals surface area contributed by atoms with Crippen LogP contribution in [0.2, 0.25) is 0 Å². The molecule has 2 aromatic heterocycles. The number of methoxy groups -OCH3 is 1. The zero-order chi connectivity index (χ0) is 26.5. The van der Waals surface area contributed by atoms with Crippen molar-refractivity contribution in [1.82, 2.24) is 9.97 Å². The van der Waals surface area contributed by atoms with Crippen LogP contribution in [0.3, 0.4) is 0 Å². The van der Waals surface area contributed by atoms with E-state index in [1.54, 1.807) is 31.2 Å². The van der Waals surface area contributed by atoms with E-state index < -0.39 is 11.1 Å². The van der Waals surface area contributed by atoms with E-state index in [0.29, 0.717) is 28.3 Å². The second-order valence-electron chi connectivity index (χ2n) is 10.2. The van der Waals surface area contributed by atoms with E-state index in [1.807, 2.05) is 6.92 Å². The van der Waals surface area contributed by atoms with Crippen molar-refractivity contribution >= 4 is 11.6 Å². The molecule has 0 saturated carbocycles. The van der Waals surface area contributed by atoms with Crippen LogP contribution < -0.4 is 15.2 Å². The van der Waals surface area contributed by atoms with Crippen molar-refractivity contribution in [3.05, 3.63) is 70.3 Å². The summed E-state index contributed by atoms with van der Waals surface area (Å²) in [7, 11) is 1.46. The number of fused-ring (bicyclic) bond motifs is 2. The lowest BCUT2D eigenvalue weighted by atomic mass is 9.88. The molecule has 5 rings (SSSR count). The number of aliphatic hydroxyl groups is 1. The van der Waals surface area contributed by atoms with Gasteiger partial charge in [0.25, 0.3) is 0 Å². The number of Topliss-reactive ketones (excluding diaryl/α,β-unsaturated/α-hetero) is 2. The molecule has 3 heterocycles. The first kappa shape index (κ1) is 25.0. The summed E-state index contributed by atoms with van der Waals surface area (Å²) >= 11 is 0. The number of aromatic nitrogens is 2. The van der Waals surface area contributed by atoms with Gasteiger partial charge in [-0.3, -0.25) is 9.59 Å². The van der Waals surface area contributed by atoms with Crippen molar-refractivity contribution in [2.24, 2.45) is 5.73 Å². The molecule has 0 bridgehead atoms. The zero-order valence-electron chi connectivity index (χ0n) is 20.9. The highest BCUT2D eigenvalue weighted by molar-refractivity contribution is 5.96. The molecule has 37 heavy (non-hydrogen) atoms. The minimum atomic E-state index is -1.49. The fraction of sp³-hybridized carbons (Fsp3) is 0.357. The Bertz CT molecular complexity index is 1420. The van der Waals surface area contributed by atoms with Crippen LogP contribution in [-0.2, 0) is 28.8 Å². The van der Waals surface area contributed by atoms with E-state index in [1.165, 1.54) is 19.2 Å². The van der Waals surface area contributed by atoms with Crippen LogP contribution in [0.25, 0.3) is 11.3 Å². The molecule has 2 aliphatic rings. The lowest BCUT2D eigenvalue weighted by Crippen LogP contribution is -2.35. The molecule has 0 fully saturated rings. The van der Waals surface area contributed by atoms with Crippen LogP contribution in [0.15, 0.2) is 36.4 Å². The summed E-state index contributed by atoms with van der Waals surface area (Å²) in [5, 5.41) is 11.4. The number of carbonyl (C=O) groups excluding carboxylic acids is 2. The van der Waals surface area contributed by atoms with Gasteiger partial charge in [0.2, 0.25) is 5.88 Å². The summed E-state index contributed by atoms with van der Waals surface area (Å²) in [6, 6.07) is 9.18. The topological polar surface area (TPSA) is 125 Å². The van der Waals surface area contributed by atoms with Gasteiger partial charge in [-0.2, -0.15) is 0 Å². The van der Waals surface area contributed by atoms with Crippen molar-refractivity contribution in [3.8, 4) is 22.9 Å². The van der Waals surface area contributed by atoms with Crippen LogP contribution in [0.4, 0.5) is 4.39 Å². The number of ketones is 2. The predicted molar refractivity (Wildman–Crippen MR) is 133 cm³/mol. The third-order valence-electron chi connectivity index (χ3n) is 7.03. The van der Waals surface area contributed by atoms with Crippen LogP contribution in [0, 0.1) is 5.82 Å². The Morgan fingerprint density at radius 3 is 2.68 bits per heavy atom. The monoisotopic (exact) mass is 505 g/mol. The molecule has 1 aliphatic heterocycles. The van der Waals surface area contributed by atoms with Crippen LogP contribution in [-0.4, -0.2) is 40.4 Å². The second kappa shape index (κ2) is 9.00. The Morgan fingerprint density at radius 2 is 1.97 bits per heavy atom. The van der Waals surface area contributed by atoms with Gasteiger partial charge in [0.05, 0.1) is 18.3 Å². The second-order valence-corrected chi connectivity index (χ2v) is 10.2. The Labute approximate surface area is 213 Å². The number of pyridine rings is 2. The average Bonchev–Trinajstić information content (AvgIpc) is 3.40. The third-order valence-corrected chi connectivity index (χ3v) is 7.03. The minimum absolute atomic E-state index is 0.0169. The molecule has 9 heteroatoms. The summed E-state index contributed by atoms with van der Waals surface area (Å²) in [5.74, 6) is 0.166. The van der Waals surface area contributed by atoms with E-state index in [2.05, 4.69) is 9.97 Å². The fourth-order valence-electron chi connectivity index (χ4n) is 4.83. The maximum absolute atomic E-state index is 13.6. The van der Waals surface area contributed by atoms with Crippen molar-refractivity contribution in [3.63, 3.8) is 0 Å². The first-order valence-corrected chi connectivity index (χ1v) is 12.1. The van der Waals surface area contributed by atoms with Gasteiger partial charge in [-0.15, -0.1) is 0 Å². The number of nitrogens with zero attached hydrogens (tertiary/aromatic N) is 2. The summed E-state index contributed by atoms with van der Waals surface area (Å²) in [6.07, 6.45) is 0.537. The van der Waals surface area contributed by atoms with Crippen molar-refractivity contribution < 1.29 is 28.6 Å². The quantitative estimate of drug-likeness (QED) is 0.468. The minimum Gasteiger partial charge on any atom is -0.489 e. The van der Waals surface area contributed by atoms with Gasteiger partial charge in [0.1, 0.15) is 35.2 Å². The molecule has 0 amide bonds. The molecular formula is C28H28FN3O5. The van der Waals surface area contributed by atoms with E-state index in [9.17, 15) is 19.1 Å². The normalized spacial score (nSPS) is 19.7. The first-order valence-electron chi connectivity index (χ1n) is 12.1. The van der Waals surface area contributed by atoms with E-state index in [4.69, 9.17) is 15.2 Å². The molecule has 1 aliphatic carbocycles. The van der Waals surface area contributed by atoms with Crippen LogP contribution in [0.5, 0.6) is 11.6 Å². The van der Waals surface area contributed by atoms with Gasteiger partial charge in [-0.1, -0.05) is 0 Å². The van der Waals surface area contributed by atoms with Crippen molar-refractivity contribution in [1.29, 1.82) is 0 Å². The number of benzene rings is 1. The lowest BCUT2D eigenvalue weighted by molar-refractivity contribution is -0.117. The number of hydrogen-bond acceptors (Lipinski definition) is 8. The SMILES string of the molecule is COc1nc(C(=O)CC[C@@](C)(O)c2cc3c(c(-c4ccc(F)cc4)n2)OC[C@@]3(C)N)cc2c1CC(=O)C2. The molecule has 0 saturated heterocycles. The Kier molecular flexibility index (Phi) is 6.08. The molecule has 0 spiro atoms. The maximum Gasteiger partial charge on any atom is 0.217 e. The molecular weight excluding hydrogens is 477 g/mol. The van der Waals surface area contributed by atoms with E-state index in [-0.39, 0.29) is 61.2 Å². The van der Waals surface area contributed by atoms with Gasteiger partial charge >= 0.3 is 0 Å². The number of hydrogen-bond donors (Lipinski definition) is 2. The van der Waals surface area contributed by atoms with Gasteiger partial charge in [0.15, 0.2) is 11.5 Å². The van der Waals surface area contributed by atoms with Gasteiger partial charge in [-0.25, -0.2) is 14.4 Å². The molecule has 0 radical (unpaired) electrons. The van der Waals surface area contributed by atoms with Crippen LogP contribution >= 0.6 is 0 Å².